The number of amides is 1. The Morgan fingerprint density at radius 2 is 2.04 bits per heavy atom. The Hall–Kier alpha value is -2.91. The van der Waals surface area contributed by atoms with Crippen molar-refractivity contribution < 1.29 is 9.72 Å². The highest BCUT2D eigenvalue weighted by atomic mass is 35.5. The number of nitrogens with zero attached hydrogens (tertiary/aromatic N) is 5. The molecule has 0 radical (unpaired) electrons. The molecule has 1 atom stereocenters. The summed E-state index contributed by atoms with van der Waals surface area (Å²) in [6.07, 6.45) is 5.48. The number of carbonyl (C=O) groups is 1. The smallest absolute Gasteiger partial charge is 0.307 e. The molecule has 2 heterocycles. The quantitative estimate of drug-likeness (QED) is 0.495. The van der Waals surface area contributed by atoms with Gasteiger partial charge >= 0.3 is 5.69 Å². The van der Waals surface area contributed by atoms with Gasteiger partial charge < -0.3 is 5.32 Å². The average Bonchev–Trinajstić information content (AvgIpc) is 3.27. The topological polar surface area (TPSA) is 108 Å². The summed E-state index contributed by atoms with van der Waals surface area (Å²) >= 11 is 11.9. The molecule has 11 heteroatoms. The molecule has 0 spiro atoms. The number of aromatic nitrogens is 4. The minimum atomic E-state index is -0.725. The fourth-order valence-electron chi connectivity index (χ4n) is 2.34. The van der Waals surface area contributed by atoms with Crippen LogP contribution in [0.5, 0.6) is 0 Å². The highest BCUT2D eigenvalue weighted by molar-refractivity contribution is 6.42. The van der Waals surface area contributed by atoms with Gasteiger partial charge in [0.2, 0.25) is 5.91 Å². The monoisotopic (exact) mass is 408 g/mol. The van der Waals surface area contributed by atoms with Crippen molar-refractivity contribution in [3.63, 3.8) is 0 Å². The molecule has 1 N–H and O–H groups in total. The second-order valence-corrected chi connectivity index (χ2v) is 6.59. The van der Waals surface area contributed by atoms with Gasteiger partial charge in [-0.2, -0.15) is 10.2 Å². The number of benzene rings is 1. The van der Waals surface area contributed by atoms with Gasteiger partial charge in [0.1, 0.15) is 18.4 Å². The molecule has 140 valence electrons. The standard InChI is InChI=1S/C16H14Cl2N6O3/c1-10(23-9-13(6-20-23)24(26)27)16(25)21-12-5-19-22(8-12)7-11-2-3-14(17)15(18)4-11/h2-6,8-10H,7H2,1H3,(H,21,25). The van der Waals surface area contributed by atoms with E-state index in [1.54, 1.807) is 29.9 Å². The number of anilines is 1. The molecular formula is C16H14Cl2N6O3. The van der Waals surface area contributed by atoms with E-state index in [1.165, 1.54) is 17.1 Å². The first-order valence-corrected chi connectivity index (χ1v) is 8.55. The lowest BCUT2D eigenvalue weighted by Gasteiger charge is -2.10. The molecule has 0 aliphatic carbocycles. The van der Waals surface area contributed by atoms with Crippen molar-refractivity contribution in [2.24, 2.45) is 0 Å². The van der Waals surface area contributed by atoms with Gasteiger partial charge in [-0.1, -0.05) is 29.3 Å². The number of halogens is 2. The predicted octanol–water partition coefficient (Wildman–Crippen LogP) is 3.54. The first-order chi connectivity index (χ1) is 12.8. The molecule has 0 bridgehead atoms. The number of nitrogens with one attached hydrogen (secondary N) is 1. The largest absolute Gasteiger partial charge is 0.322 e. The van der Waals surface area contributed by atoms with E-state index in [4.69, 9.17) is 23.2 Å². The molecule has 27 heavy (non-hydrogen) atoms. The molecule has 1 amide bonds. The highest BCUT2D eigenvalue weighted by Crippen LogP contribution is 2.23. The van der Waals surface area contributed by atoms with E-state index >= 15 is 0 Å². The first-order valence-electron chi connectivity index (χ1n) is 7.79. The Balaban J connectivity index is 1.64. The number of rotatable bonds is 6. The molecule has 3 aromatic rings. The molecular weight excluding hydrogens is 395 g/mol. The third-order valence-electron chi connectivity index (χ3n) is 3.80. The maximum atomic E-state index is 12.3. The van der Waals surface area contributed by atoms with Crippen LogP contribution in [-0.4, -0.2) is 30.4 Å². The number of hydrogen-bond acceptors (Lipinski definition) is 5. The molecule has 0 aliphatic heterocycles. The first kappa shape index (κ1) is 18.9. The van der Waals surface area contributed by atoms with Crippen molar-refractivity contribution in [3.05, 3.63) is 68.7 Å². The molecule has 1 aromatic carbocycles. The van der Waals surface area contributed by atoms with Gasteiger partial charge in [-0.3, -0.25) is 24.3 Å². The van der Waals surface area contributed by atoms with Crippen LogP contribution in [0.15, 0.2) is 43.0 Å². The van der Waals surface area contributed by atoms with Crippen molar-refractivity contribution in [2.45, 2.75) is 19.5 Å². The minimum Gasteiger partial charge on any atom is -0.322 e. The predicted molar refractivity (Wildman–Crippen MR) is 100 cm³/mol. The summed E-state index contributed by atoms with van der Waals surface area (Å²) in [7, 11) is 0. The van der Waals surface area contributed by atoms with Crippen molar-refractivity contribution >= 4 is 40.5 Å². The van der Waals surface area contributed by atoms with Crippen LogP contribution in [0, 0.1) is 10.1 Å². The highest BCUT2D eigenvalue weighted by Gasteiger charge is 2.19. The van der Waals surface area contributed by atoms with Gasteiger partial charge in [-0.25, -0.2) is 0 Å². The van der Waals surface area contributed by atoms with E-state index < -0.39 is 11.0 Å². The van der Waals surface area contributed by atoms with Crippen LogP contribution < -0.4 is 5.32 Å². The van der Waals surface area contributed by atoms with Crippen molar-refractivity contribution in [3.8, 4) is 0 Å². The summed E-state index contributed by atoms with van der Waals surface area (Å²) in [6.45, 7) is 2.04. The van der Waals surface area contributed by atoms with Gasteiger partial charge in [0.05, 0.1) is 33.4 Å². The summed E-state index contributed by atoms with van der Waals surface area (Å²) < 4.78 is 2.87. The maximum Gasteiger partial charge on any atom is 0.307 e. The van der Waals surface area contributed by atoms with E-state index in [-0.39, 0.29) is 11.6 Å². The van der Waals surface area contributed by atoms with Crippen LogP contribution in [0.3, 0.4) is 0 Å². The van der Waals surface area contributed by atoms with E-state index in [2.05, 4.69) is 15.5 Å². The Kier molecular flexibility index (Phi) is 5.43. The molecule has 3 rings (SSSR count). The summed E-state index contributed by atoms with van der Waals surface area (Å²) in [4.78, 5) is 22.5. The third-order valence-corrected chi connectivity index (χ3v) is 4.54. The zero-order chi connectivity index (χ0) is 19.6. The lowest BCUT2D eigenvalue weighted by Crippen LogP contribution is -2.23. The van der Waals surface area contributed by atoms with E-state index in [0.29, 0.717) is 22.3 Å². The van der Waals surface area contributed by atoms with Crippen molar-refractivity contribution in [1.29, 1.82) is 0 Å². The molecule has 2 aromatic heterocycles. The summed E-state index contributed by atoms with van der Waals surface area (Å²) in [6, 6.07) is 4.56. The van der Waals surface area contributed by atoms with Gasteiger partial charge in [-0.05, 0) is 24.6 Å². The molecule has 0 saturated carbocycles. The molecule has 0 fully saturated rings. The molecule has 9 nitrogen and oxygen atoms in total. The fraction of sp³-hybridized carbons (Fsp3) is 0.188. The van der Waals surface area contributed by atoms with Crippen LogP contribution in [0.1, 0.15) is 18.5 Å². The zero-order valence-electron chi connectivity index (χ0n) is 14.0. The Labute approximate surface area is 163 Å². The van der Waals surface area contributed by atoms with Gasteiger partial charge in [0, 0.05) is 6.20 Å². The summed E-state index contributed by atoms with van der Waals surface area (Å²) in [5.74, 6) is -0.373. The number of hydrogen-bond donors (Lipinski definition) is 1. The van der Waals surface area contributed by atoms with Crippen molar-refractivity contribution in [2.75, 3.05) is 5.32 Å². The molecule has 0 saturated heterocycles. The Morgan fingerprint density at radius 1 is 1.26 bits per heavy atom. The zero-order valence-corrected chi connectivity index (χ0v) is 15.6. The van der Waals surface area contributed by atoms with Crippen LogP contribution in [0.4, 0.5) is 11.4 Å². The summed E-state index contributed by atoms with van der Waals surface area (Å²) in [5.41, 5.74) is 1.22. The molecule has 0 aliphatic rings. The van der Waals surface area contributed by atoms with Crippen molar-refractivity contribution in [1.82, 2.24) is 19.6 Å². The summed E-state index contributed by atoms with van der Waals surface area (Å²) in [5, 5.41) is 22.4. The SMILES string of the molecule is CC(C(=O)Nc1cnn(Cc2ccc(Cl)c(Cl)c2)c1)n1cc([N+](=O)[O-])cn1. The normalized spacial score (nSPS) is 12.0. The van der Waals surface area contributed by atoms with Crippen LogP contribution in [0.25, 0.3) is 0 Å². The second-order valence-electron chi connectivity index (χ2n) is 5.78. The van der Waals surface area contributed by atoms with E-state index in [9.17, 15) is 14.9 Å². The van der Waals surface area contributed by atoms with Crippen LogP contribution in [0.2, 0.25) is 10.0 Å². The van der Waals surface area contributed by atoms with E-state index in [1.807, 2.05) is 6.07 Å². The fourth-order valence-corrected chi connectivity index (χ4v) is 2.66. The average molecular weight is 409 g/mol. The number of nitro groups is 1. The van der Waals surface area contributed by atoms with Gasteiger partial charge in [-0.15, -0.1) is 0 Å². The lowest BCUT2D eigenvalue weighted by atomic mass is 10.2. The third kappa shape index (κ3) is 4.44. The van der Waals surface area contributed by atoms with E-state index in [0.717, 1.165) is 11.8 Å². The van der Waals surface area contributed by atoms with Gasteiger partial charge in [0.15, 0.2) is 0 Å². The van der Waals surface area contributed by atoms with Gasteiger partial charge in [0.25, 0.3) is 0 Å². The number of carbonyl (C=O) groups excluding carboxylic acids is 1. The Bertz CT molecular complexity index is 1000. The lowest BCUT2D eigenvalue weighted by molar-refractivity contribution is -0.385. The van der Waals surface area contributed by atoms with Crippen LogP contribution in [-0.2, 0) is 11.3 Å². The second kappa shape index (κ2) is 7.77. The maximum absolute atomic E-state index is 12.3. The minimum absolute atomic E-state index is 0.177. The Morgan fingerprint density at radius 3 is 2.70 bits per heavy atom. The molecule has 1 unspecified atom stereocenters. The van der Waals surface area contributed by atoms with Crippen LogP contribution >= 0.6 is 23.2 Å².